The fourth-order valence-corrected chi connectivity index (χ4v) is 2.99. The van der Waals surface area contributed by atoms with Crippen molar-refractivity contribution in [3.05, 3.63) is 58.6 Å². The number of carbonyl (C=O) groups excluding carboxylic acids is 2. The van der Waals surface area contributed by atoms with Crippen LogP contribution in [0.5, 0.6) is 0 Å². The molecule has 0 fully saturated rings. The second-order valence-corrected chi connectivity index (χ2v) is 6.08. The maximum atomic E-state index is 12.0. The van der Waals surface area contributed by atoms with Crippen LogP contribution in [-0.2, 0) is 17.8 Å². The van der Waals surface area contributed by atoms with E-state index in [1.165, 1.54) is 0 Å². The van der Waals surface area contributed by atoms with E-state index in [-0.39, 0.29) is 11.9 Å². The monoisotopic (exact) mass is 343 g/mol. The summed E-state index contributed by atoms with van der Waals surface area (Å²) in [5, 5.41) is 6.03. The van der Waals surface area contributed by atoms with Gasteiger partial charge in [0.2, 0.25) is 5.91 Å². The molecule has 124 valence electrons. The van der Waals surface area contributed by atoms with Crippen molar-refractivity contribution in [1.82, 2.24) is 5.32 Å². The molecule has 2 aromatic carbocycles. The van der Waals surface area contributed by atoms with Gasteiger partial charge in [-0.25, -0.2) is 4.79 Å². The number of para-hydroxylation sites is 1. The maximum absolute atomic E-state index is 12.0. The first-order valence-corrected chi connectivity index (χ1v) is 8.11. The van der Waals surface area contributed by atoms with Gasteiger partial charge in [-0.1, -0.05) is 35.9 Å². The standard InChI is InChI=1S/C18H18ClN3O2/c1-12(23)22-9-8-14-10-13(6-7-17(14)22)11-20-18(24)21-16-5-3-2-4-15(16)19/h2-7,10H,8-9,11H2,1H3,(H2,20,21,24). The Bertz CT molecular complexity index is 792. The number of fused-ring (bicyclic) bond motifs is 1. The quantitative estimate of drug-likeness (QED) is 0.895. The molecule has 0 bridgehead atoms. The average molecular weight is 344 g/mol. The minimum absolute atomic E-state index is 0.0544. The van der Waals surface area contributed by atoms with Gasteiger partial charge in [-0.2, -0.15) is 0 Å². The van der Waals surface area contributed by atoms with Crippen LogP contribution in [0.2, 0.25) is 5.02 Å². The van der Waals surface area contributed by atoms with Crippen LogP contribution >= 0.6 is 11.6 Å². The van der Waals surface area contributed by atoms with Crippen molar-refractivity contribution >= 4 is 34.9 Å². The summed E-state index contributed by atoms with van der Waals surface area (Å²) in [5.41, 5.74) is 3.67. The van der Waals surface area contributed by atoms with Gasteiger partial charge in [-0.05, 0) is 35.7 Å². The molecule has 2 aromatic rings. The molecule has 1 aliphatic rings. The number of benzene rings is 2. The zero-order chi connectivity index (χ0) is 17.1. The zero-order valence-electron chi connectivity index (χ0n) is 13.3. The van der Waals surface area contributed by atoms with Crippen LogP contribution in [0.15, 0.2) is 42.5 Å². The molecule has 1 heterocycles. The lowest BCUT2D eigenvalue weighted by Crippen LogP contribution is -2.28. The summed E-state index contributed by atoms with van der Waals surface area (Å²) in [7, 11) is 0. The lowest BCUT2D eigenvalue weighted by Gasteiger charge is -2.15. The highest BCUT2D eigenvalue weighted by Gasteiger charge is 2.22. The molecular weight excluding hydrogens is 326 g/mol. The number of amides is 3. The van der Waals surface area contributed by atoms with Gasteiger partial charge < -0.3 is 15.5 Å². The molecule has 3 rings (SSSR count). The molecule has 0 atom stereocenters. The Balaban J connectivity index is 1.60. The summed E-state index contributed by atoms with van der Waals surface area (Å²) in [5.74, 6) is 0.0544. The van der Waals surface area contributed by atoms with Gasteiger partial charge in [-0.15, -0.1) is 0 Å². The van der Waals surface area contributed by atoms with Crippen LogP contribution in [0.1, 0.15) is 18.1 Å². The topological polar surface area (TPSA) is 61.4 Å². The van der Waals surface area contributed by atoms with E-state index >= 15 is 0 Å². The minimum atomic E-state index is -0.311. The number of anilines is 2. The number of rotatable bonds is 3. The van der Waals surface area contributed by atoms with Crippen LogP contribution in [-0.4, -0.2) is 18.5 Å². The average Bonchev–Trinajstić information content (AvgIpc) is 2.98. The predicted octanol–water partition coefficient (Wildman–Crippen LogP) is 3.57. The van der Waals surface area contributed by atoms with E-state index in [1.807, 2.05) is 24.3 Å². The Morgan fingerprint density at radius 2 is 2.00 bits per heavy atom. The molecule has 0 radical (unpaired) electrons. The molecule has 0 aliphatic carbocycles. The lowest BCUT2D eigenvalue weighted by molar-refractivity contribution is -0.116. The molecule has 0 saturated carbocycles. The highest BCUT2D eigenvalue weighted by atomic mass is 35.5. The van der Waals surface area contributed by atoms with Crippen LogP contribution in [0, 0.1) is 0 Å². The van der Waals surface area contributed by atoms with Gasteiger partial charge in [0, 0.05) is 25.7 Å². The van der Waals surface area contributed by atoms with Crippen molar-refractivity contribution in [1.29, 1.82) is 0 Å². The normalized spacial score (nSPS) is 12.7. The van der Waals surface area contributed by atoms with Gasteiger partial charge in [0.25, 0.3) is 0 Å². The Morgan fingerprint density at radius 3 is 2.75 bits per heavy atom. The first-order valence-electron chi connectivity index (χ1n) is 7.74. The third-order valence-electron chi connectivity index (χ3n) is 3.99. The number of nitrogens with zero attached hydrogens (tertiary/aromatic N) is 1. The molecule has 0 aromatic heterocycles. The maximum Gasteiger partial charge on any atom is 0.319 e. The van der Waals surface area contributed by atoms with E-state index in [2.05, 4.69) is 10.6 Å². The number of urea groups is 1. The molecule has 0 unspecified atom stereocenters. The zero-order valence-corrected chi connectivity index (χ0v) is 14.1. The Morgan fingerprint density at radius 1 is 1.21 bits per heavy atom. The Labute approximate surface area is 145 Å². The van der Waals surface area contributed by atoms with Crippen molar-refractivity contribution in [2.75, 3.05) is 16.8 Å². The first kappa shape index (κ1) is 16.3. The summed E-state index contributed by atoms with van der Waals surface area (Å²) in [4.78, 5) is 25.3. The number of carbonyl (C=O) groups is 2. The van der Waals surface area contributed by atoms with Crippen molar-refractivity contribution in [3.8, 4) is 0 Å². The number of halogens is 1. The number of hydrogen-bond donors (Lipinski definition) is 2. The molecule has 6 heteroatoms. The number of hydrogen-bond acceptors (Lipinski definition) is 2. The van der Waals surface area contributed by atoms with Gasteiger partial charge in [0.05, 0.1) is 10.7 Å². The second kappa shape index (κ2) is 6.93. The first-order chi connectivity index (χ1) is 11.5. The van der Waals surface area contributed by atoms with Crippen LogP contribution < -0.4 is 15.5 Å². The fourth-order valence-electron chi connectivity index (χ4n) is 2.80. The molecular formula is C18H18ClN3O2. The Hall–Kier alpha value is -2.53. The summed E-state index contributed by atoms with van der Waals surface area (Å²) < 4.78 is 0. The Kier molecular flexibility index (Phi) is 4.71. The predicted molar refractivity (Wildman–Crippen MR) is 95.5 cm³/mol. The van der Waals surface area contributed by atoms with E-state index in [0.717, 1.165) is 23.2 Å². The lowest BCUT2D eigenvalue weighted by atomic mass is 10.1. The van der Waals surface area contributed by atoms with Crippen LogP contribution in [0.3, 0.4) is 0 Å². The van der Waals surface area contributed by atoms with Gasteiger partial charge in [0.15, 0.2) is 0 Å². The van der Waals surface area contributed by atoms with E-state index in [9.17, 15) is 9.59 Å². The molecule has 5 nitrogen and oxygen atoms in total. The SMILES string of the molecule is CC(=O)N1CCc2cc(CNC(=O)Nc3ccccc3Cl)ccc21. The van der Waals surface area contributed by atoms with Gasteiger partial charge in [0.1, 0.15) is 0 Å². The fraction of sp³-hybridized carbons (Fsp3) is 0.222. The van der Waals surface area contributed by atoms with E-state index in [1.54, 1.807) is 30.0 Å². The van der Waals surface area contributed by atoms with E-state index in [4.69, 9.17) is 11.6 Å². The summed E-state index contributed by atoms with van der Waals surface area (Å²) in [6.45, 7) is 2.70. The highest BCUT2D eigenvalue weighted by molar-refractivity contribution is 6.33. The van der Waals surface area contributed by atoms with Gasteiger partial charge >= 0.3 is 6.03 Å². The van der Waals surface area contributed by atoms with E-state index in [0.29, 0.717) is 23.8 Å². The molecule has 3 amide bonds. The summed E-state index contributed by atoms with van der Waals surface area (Å²) in [6, 6.07) is 12.7. The molecule has 0 saturated heterocycles. The van der Waals surface area contributed by atoms with E-state index < -0.39 is 0 Å². The van der Waals surface area contributed by atoms with Crippen molar-refractivity contribution in [2.24, 2.45) is 0 Å². The van der Waals surface area contributed by atoms with Crippen LogP contribution in [0.4, 0.5) is 16.2 Å². The summed E-state index contributed by atoms with van der Waals surface area (Å²) >= 11 is 6.01. The molecule has 24 heavy (non-hydrogen) atoms. The smallest absolute Gasteiger partial charge is 0.319 e. The summed E-state index contributed by atoms with van der Waals surface area (Å²) in [6.07, 6.45) is 0.842. The van der Waals surface area contributed by atoms with Crippen LogP contribution in [0.25, 0.3) is 0 Å². The van der Waals surface area contributed by atoms with Crippen molar-refractivity contribution in [3.63, 3.8) is 0 Å². The second-order valence-electron chi connectivity index (χ2n) is 5.67. The molecule has 1 aliphatic heterocycles. The highest BCUT2D eigenvalue weighted by Crippen LogP contribution is 2.28. The minimum Gasteiger partial charge on any atom is -0.334 e. The van der Waals surface area contributed by atoms with Gasteiger partial charge in [-0.3, -0.25) is 4.79 Å². The molecule has 0 spiro atoms. The van der Waals surface area contributed by atoms with Crippen molar-refractivity contribution in [2.45, 2.75) is 19.9 Å². The third-order valence-corrected chi connectivity index (χ3v) is 4.32. The molecule has 2 N–H and O–H groups in total. The third kappa shape index (κ3) is 3.51. The largest absolute Gasteiger partial charge is 0.334 e. The van der Waals surface area contributed by atoms with Crippen molar-refractivity contribution < 1.29 is 9.59 Å². The number of nitrogens with one attached hydrogen (secondary N) is 2.